The predicted molar refractivity (Wildman–Crippen MR) is 69.5 cm³/mol. The minimum absolute atomic E-state index is 0.225. The summed E-state index contributed by atoms with van der Waals surface area (Å²) in [6.07, 6.45) is 4.29. The van der Waals surface area contributed by atoms with E-state index < -0.39 is 18.7 Å². The van der Waals surface area contributed by atoms with Crippen LogP contribution in [0.15, 0.2) is 12.8 Å². The quantitative estimate of drug-likeness (QED) is 0.529. The fourth-order valence-electron chi connectivity index (χ4n) is 2.18. The molecule has 0 aromatic carbocycles. The van der Waals surface area contributed by atoms with Crippen LogP contribution in [0, 0.1) is 11.8 Å². The normalized spacial score (nSPS) is 22.9. The van der Waals surface area contributed by atoms with Gasteiger partial charge in [-0.05, 0) is 37.5 Å². The topological polar surface area (TPSA) is 44.8 Å². The molecule has 0 unspecified atom stereocenters. The summed E-state index contributed by atoms with van der Waals surface area (Å²) in [5, 5.41) is 0. The van der Waals surface area contributed by atoms with Gasteiger partial charge in [-0.3, -0.25) is 0 Å². The lowest BCUT2D eigenvalue weighted by Crippen LogP contribution is -2.25. The molecule has 0 aromatic heterocycles. The van der Waals surface area contributed by atoms with Crippen LogP contribution in [0.25, 0.3) is 0 Å². The fraction of sp³-hybridized carbons (Fsp3) is 0.786. The Labute approximate surface area is 118 Å². The minimum atomic E-state index is -3.03. The Morgan fingerprint density at radius 1 is 1.20 bits per heavy atom. The molecule has 6 heteroatoms. The van der Waals surface area contributed by atoms with E-state index in [1.54, 1.807) is 0 Å². The summed E-state index contributed by atoms with van der Waals surface area (Å²) >= 11 is 0. The largest absolute Gasteiger partial charge is 0.508 e. The standard InChI is InChI=1S/C14H22F2O4/c1-3-18-8-11-4-6-12(7-5-11)9-19-13(17)20-10-14(2,15)16/h3,11-12H,1,4-10H2,2H3. The van der Waals surface area contributed by atoms with Gasteiger partial charge in [-0.2, -0.15) is 0 Å². The Morgan fingerprint density at radius 2 is 1.75 bits per heavy atom. The predicted octanol–water partition coefficient (Wildman–Crippen LogP) is 3.76. The van der Waals surface area contributed by atoms with Gasteiger partial charge in [-0.1, -0.05) is 6.58 Å². The molecule has 20 heavy (non-hydrogen) atoms. The Balaban J connectivity index is 2.11. The molecular weight excluding hydrogens is 270 g/mol. The van der Waals surface area contributed by atoms with Gasteiger partial charge in [0.1, 0.15) is 0 Å². The van der Waals surface area contributed by atoms with E-state index in [1.165, 1.54) is 6.26 Å². The average Bonchev–Trinajstić information content (AvgIpc) is 2.41. The maximum absolute atomic E-state index is 12.5. The lowest BCUT2D eigenvalue weighted by atomic mass is 9.83. The number of carbonyl (C=O) groups is 1. The van der Waals surface area contributed by atoms with Crippen molar-refractivity contribution in [3.05, 3.63) is 12.8 Å². The van der Waals surface area contributed by atoms with Crippen molar-refractivity contribution in [2.75, 3.05) is 19.8 Å². The van der Waals surface area contributed by atoms with Crippen molar-refractivity contribution in [2.45, 2.75) is 38.5 Å². The van der Waals surface area contributed by atoms with Crippen LogP contribution in [0.2, 0.25) is 0 Å². The highest BCUT2D eigenvalue weighted by atomic mass is 19.3. The van der Waals surface area contributed by atoms with E-state index >= 15 is 0 Å². The summed E-state index contributed by atoms with van der Waals surface area (Å²) in [7, 11) is 0. The maximum atomic E-state index is 12.5. The molecule has 0 amide bonds. The van der Waals surface area contributed by atoms with Crippen LogP contribution in [-0.2, 0) is 14.2 Å². The van der Waals surface area contributed by atoms with E-state index in [-0.39, 0.29) is 12.5 Å². The highest BCUT2D eigenvalue weighted by Crippen LogP contribution is 2.29. The lowest BCUT2D eigenvalue weighted by molar-refractivity contribution is -0.0583. The number of hydrogen-bond acceptors (Lipinski definition) is 4. The molecule has 0 atom stereocenters. The summed E-state index contributed by atoms with van der Waals surface area (Å²) in [5.74, 6) is -2.25. The Bertz CT molecular complexity index is 307. The first-order chi connectivity index (χ1) is 9.40. The van der Waals surface area contributed by atoms with Crippen molar-refractivity contribution in [3.8, 4) is 0 Å². The average molecular weight is 292 g/mol. The van der Waals surface area contributed by atoms with Gasteiger partial charge in [0, 0.05) is 6.92 Å². The smallest absolute Gasteiger partial charge is 0.502 e. The molecule has 0 aromatic rings. The van der Waals surface area contributed by atoms with Gasteiger partial charge in [0.2, 0.25) is 0 Å². The Kier molecular flexibility index (Phi) is 6.75. The maximum Gasteiger partial charge on any atom is 0.508 e. The highest BCUT2D eigenvalue weighted by molar-refractivity contribution is 5.59. The Morgan fingerprint density at radius 3 is 2.25 bits per heavy atom. The summed E-state index contributed by atoms with van der Waals surface area (Å²) in [6.45, 7) is 4.13. The molecule has 1 rings (SSSR count). The molecule has 0 bridgehead atoms. The number of rotatable bonds is 7. The van der Waals surface area contributed by atoms with Gasteiger partial charge >= 0.3 is 6.16 Å². The van der Waals surface area contributed by atoms with Gasteiger partial charge in [0.05, 0.1) is 19.5 Å². The lowest BCUT2D eigenvalue weighted by Gasteiger charge is -2.27. The zero-order valence-electron chi connectivity index (χ0n) is 11.8. The van der Waals surface area contributed by atoms with Gasteiger partial charge in [0.15, 0.2) is 6.61 Å². The summed E-state index contributed by atoms with van der Waals surface area (Å²) < 4.78 is 39.3. The zero-order chi connectivity index (χ0) is 15.0. The van der Waals surface area contributed by atoms with Crippen molar-refractivity contribution < 1.29 is 27.8 Å². The second-order valence-corrected chi connectivity index (χ2v) is 5.31. The van der Waals surface area contributed by atoms with E-state index in [0.717, 1.165) is 25.7 Å². The van der Waals surface area contributed by atoms with Crippen LogP contribution in [-0.4, -0.2) is 31.9 Å². The van der Waals surface area contributed by atoms with Gasteiger partial charge in [0.25, 0.3) is 5.92 Å². The number of alkyl halides is 2. The number of carbonyl (C=O) groups excluding carboxylic acids is 1. The monoisotopic (exact) mass is 292 g/mol. The summed E-state index contributed by atoms with van der Waals surface area (Å²) in [4.78, 5) is 11.1. The van der Waals surface area contributed by atoms with Crippen molar-refractivity contribution in [1.82, 2.24) is 0 Å². The van der Waals surface area contributed by atoms with Crippen LogP contribution < -0.4 is 0 Å². The first-order valence-corrected chi connectivity index (χ1v) is 6.80. The molecular formula is C14H22F2O4. The van der Waals surface area contributed by atoms with Crippen LogP contribution in [0.3, 0.4) is 0 Å². The molecule has 1 fully saturated rings. The van der Waals surface area contributed by atoms with Crippen molar-refractivity contribution in [3.63, 3.8) is 0 Å². The fourth-order valence-corrected chi connectivity index (χ4v) is 2.18. The van der Waals surface area contributed by atoms with E-state index in [4.69, 9.17) is 9.47 Å². The molecule has 0 spiro atoms. The van der Waals surface area contributed by atoms with Crippen LogP contribution >= 0.6 is 0 Å². The Hall–Kier alpha value is -1.33. The molecule has 1 aliphatic rings. The third-order valence-electron chi connectivity index (χ3n) is 3.30. The van der Waals surface area contributed by atoms with Crippen LogP contribution in [0.5, 0.6) is 0 Å². The van der Waals surface area contributed by atoms with E-state index in [9.17, 15) is 13.6 Å². The van der Waals surface area contributed by atoms with Crippen molar-refractivity contribution in [2.24, 2.45) is 11.8 Å². The molecule has 0 N–H and O–H groups in total. The molecule has 1 aliphatic carbocycles. The summed E-state index contributed by atoms with van der Waals surface area (Å²) in [5.41, 5.74) is 0. The first kappa shape index (κ1) is 16.7. The number of hydrogen-bond donors (Lipinski definition) is 0. The van der Waals surface area contributed by atoms with E-state index in [2.05, 4.69) is 11.3 Å². The zero-order valence-corrected chi connectivity index (χ0v) is 11.8. The highest BCUT2D eigenvalue weighted by Gasteiger charge is 2.25. The summed E-state index contributed by atoms with van der Waals surface area (Å²) in [6, 6.07) is 0. The third-order valence-corrected chi connectivity index (χ3v) is 3.30. The molecule has 116 valence electrons. The second-order valence-electron chi connectivity index (χ2n) is 5.31. The number of halogens is 2. The molecule has 0 aliphatic heterocycles. The first-order valence-electron chi connectivity index (χ1n) is 6.80. The second kappa shape index (κ2) is 8.07. The molecule has 0 heterocycles. The molecule has 0 saturated heterocycles. The van der Waals surface area contributed by atoms with Crippen LogP contribution in [0.1, 0.15) is 32.6 Å². The molecule has 1 saturated carbocycles. The third kappa shape index (κ3) is 7.31. The van der Waals surface area contributed by atoms with E-state index in [1.807, 2.05) is 0 Å². The van der Waals surface area contributed by atoms with Gasteiger partial charge in [-0.15, -0.1) is 0 Å². The molecule has 0 radical (unpaired) electrons. The van der Waals surface area contributed by atoms with Crippen molar-refractivity contribution in [1.29, 1.82) is 0 Å². The molecule has 4 nitrogen and oxygen atoms in total. The minimum Gasteiger partial charge on any atom is -0.502 e. The van der Waals surface area contributed by atoms with Crippen LogP contribution in [0.4, 0.5) is 13.6 Å². The van der Waals surface area contributed by atoms with Gasteiger partial charge in [-0.25, -0.2) is 13.6 Å². The van der Waals surface area contributed by atoms with Gasteiger partial charge < -0.3 is 14.2 Å². The van der Waals surface area contributed by atoms with E-state index in [0.29, 0.717) is 19.4 Å². The number of ether oxygens (including phenoxy) is 3. The van der Waals surface area contributed by atoms with Crippen molar-refractivity contribution >= 4 is 6.16 Å². The SMILES string of the molecule is C=COCC1CCC(COC(=O)OCC(C)(F)F)CC1.